The van der Waals surface area contributed by atoms with Gasteiger partial charge in [0.05, 0.1) is 0 Å². The molecule has 0 spiro atoms. The molecule has 1 aliphatic rings. The fourth-order valence-corrected chi connectivity index (χ4v) is 4.03. The van der Waals surface area contributed by atoms with Crippen LogP contribution in [0.15, 0.2) is 29.3 Å². The Morgan fingerprint density at radius 1 is 1.23 bits per heavy atom. The number of guanidine groups is 1. The van der Waals surface area contributed by atoms with Gasteiger partial charge < -0.3 is 20.1 Å². The van der Waals surface area contributed by atoms with Crippen LogP contribution in [-0.4, -0.2) is 58.4 Å². The van der Waals surface area contributed by atoms with E-state index in [-0.39, 0.29) is 24.0 Å². The Balaban J connectivity index is 0.00000341. The number of benzene rings is 1. The van der Waals surface area contributed by atoms with Crippen molar-refractivity contribution in [3.63, 3.8) is 0 Å². The second-order valence-electron chi connectivity index (χ2n) is 7.93. The van der Waals surface area contributed by atoms with Crippen molar-refractivity contribution in [2.75, 3.05) is 36.5 Å². The van der Waals surface area contributed by atoms with Gasteiger partial charge in [-0.25, -0.2) is 4.99 Å². The summed E-state index contributed by atoms with van der Waals surface area (Å²) in [5.41, 5.74) is 2.60. The minimum atomic E-state index is 0. The fourth-order valence-electron chi connectivity index (χ4n) is 3.59. The number of aliphatic imine (C=N–C) groups is 1. The van der Waals surface area contributed by atoms with Crippen LogP contribution in [0.25, 0.3) is 0 Å². The average Bonchev–Trinajstić information content (AvgIpc) is 3.07. The summed E-state index contributed by atoms with van der Waals surface area (Å²) in [4.78, 5) is 7.29. The second kappa shape index (κ2) is 13.1. The molecule has 2 heterocycles. The first-order valence-electron chi connectivity index (χ1n) is 10.8. The lowest BCUT2D eigenvalue weighted by molar-refractivity contribution is 0.467. The van der Waals surface area contributed by atoms with Crippen LogP contribution in [0.4, 0.5) is 5.69 Å². The van der Waals surface area contributed by atoms with Gasteiger partial charge in [-0.2, -0.15) is 11.8 Å². The van der Waals surface area contributed by atoms with E-state index in [0.29, 0.717) is 12.6 Å². The molecule has 0 aliphatic carbocycles. The van der Waals surface area contributed by atoms with Gasteiger partial charge in [0, 0.05) is 38.4 Å². The maximum absolute atomic E-state index is 4.82. The molecule has 1 fully saturated rings. The Morgan fingerprint density at radius 2 is 2.00 bits per heavy atom. The number of piperidine rings is 1. The molecular weight excluding hydrogens is 521 g/mol. The van der Waals surface area contributed by atoms with Gasteiger partial charge in [0.15, 0.2) is 11.8 Å². The summed E-state index contributed by atoms with van der Waals surface area (Å²) in [6.07, 6.45) is 5.58. The van der Waals surface area contributed by atoms with E-state index >= 15 is 0 Å². The van der Waals surface area contributed by atoms with Crippen molar-refractivity contribution in [3.05, 3.63) is 41.5 Å². The zero-order valence-electron chi connectivity index (χ0n) is 19.1. The van der Waals surface area contributed by atoms with Gasteiger partial charge in [0.2, 0.25) is 0 Å². The van der Waals surface area contributed by atoms with E-state index in [2.05, 4.69) is 63.2 Å². The molecule has 1 saturated heterocycles. The van der Waals surface area contributed by atoms with Crippen LogP contribution in [0.3, 0.4) is 0 Å². The molecule has 9 heteroatoms. The topological polar surface area (TPSA) is 70.4 Å². The van der Waals surface area contributed by atoms with Crippen LogP contribution in [0.1, 0.15) is 36.5 Å². The van der Waals surface area contributed by atoms with Crippen LogP contribution >= 0.6 is 35.7 Å². The number of halogens is 1. The molecule has 2 aromatic rings. The highest BCUT2D eigenvalue weighted by molar-refractivity contribution is 14.0. The van der Waals surface area contributed by atoms with Gasteiger partial charge in [-0.15, -0.1) is 34.2 Å². The summed E-state index contributed by atoms with van der Waals surface area (Å²) in [5, 5.41) is 15.6. The zero-order chi connectivity index (χ0) is 21.3. The molecule has 0 amide bonds. The Morgan fingerprint density at radius 3 is 2.68 bits per heavy atom. The third-order valence-corrected chi connectivity index (χ3v) is 6.24. The van der Waals surface area contributed by atoms with E-state index in [0.717, 1.165) is 55.8 Å². The van der Waals surface area contributed by atoms with Crippen LogP contribution in [0.2, 0.25) is 0 Å². The lowest BCUT2D eigenvalue weighted by Gasteiger charge is -2.35. The number of nitrogens with one attached hydrogen (secondary N) is 2. The Labute approximate surface area is 207 Å². The second-order valence-corrected chi connectivity index (χ2v) is 8.91. The smallest absolute Gasteiger partial charge is 0.191 e. The molecule has 31 heavy (non-hydrogen) atoms. The lowest BCUT2D eigenvalue weighted by atomic mass is 10.0. The number of aryl methyl sites for hydroxylation is 2. The highest BCUT2D eigenvalue weighted by Gasteiger charge is 2.21. The Bertz CT molecular complexity index is 822. The van der Waals surface area contributed by atoms with Crippen LogP contribution in [0.5, 0.6) is 0 Å². The normalized spacial score (nSPS) is 16.7. The zero-order valence-corrected chi connectivity index (χ0v) is 22.2. The van der Waals surface area contributed by atoms with Crippen LogP contribution in [-0.2, 0) is 13.6 Å². The molecule has 0 bridgehead atoms. The van der Waals surface area contributed by atoms with Gasteiger partial charge in [-0.3, -0.25) is 0 Å². The molecule has 0 saturated carbocycles. The minimum Gasteiger partial charge on any atom is -0.369 e. The largest absolute Gasteiger partial charge is 0.369 e. The van der Waals surface area contributed by atoms with Crippen LogP contribution in [0, 0.1) is 13.8 Å². The van der Waals surface area contributed by atoms with Crippen molar-refractivity contribution >= 4 is 47.4 Å². The van der Waals surface area contributed by atoms with E-state index in [4.69, 9.17) is 4.99 Å². The van der Waals surface area contributed by atoms with Crippen LogP contribution < -0.4 is 15.5 Å². The summed E-state index contributed by atoms with van der Waals surface area (Å²) < 4.78 is 1.99. The number of hydrogen-bond donors (Lipinski definition) is 2. The monoisotopic (exact) mass is 557 g/mol. The van der Waals surface area contributed by atoms with Gasteiger partial charge in [-0.05, 0) is 57.3 Å². The van der Waals surface area contributed by atoms with E-state index in [9.17, 15) is 0 Å². The highest BCUT2D eigenvalue weighted by Crippen LogP contribution is 2.20. The molecular formula is C22H36IN7S. The van der Waals surface area contributed by atoms with Crippen molar-refractivity contribution in [2.45, 2.75) is 45.7 Å². The van der Waals surface area contributed by atoms with Crippen molar-refractivity contribution in [1.82, 2.24) is 25.4 Å². The number of thioether (sulfide) groups is 1. The molecule has 1 aromatic heterocycles. The number of rotatable bonds is 8. The van der Waals surface area contributed by atoms with E-state index < -0.39 is 0 Å². The predicted molar refractivity (Wildman–Crippen MR) is 143 cm³/mol. The summed E-state index contributed by atoms with van der Waals surface area (Å²) in [6.45, 7) is 7.61. The van der Waals surface area contributed by atoms with Crippen molar-refractivity contribution in [2.24, 2.45) is 12.0 Å². The van der Waals surface area contributed by atoms with Gasteiger partial charge in [-0.1, -0.05) is 17.7 Å². The highest BCUT2D eigenvalue weighted by atomic mass is 127. The Kier molecular flexibility index (Phi) is 10.9. The van der Waals surface area contributed by atoms with Crippen molar-refractivity contribution in [3.8, 4) is 0 Å². The molecule has 172 valence electrons. The quantitative estimate of drug-likeness (QED) is 0.224. The molecule has 3 rings (SSSR count). The number of aromatic nitrogens is 3. The van der Waals surface area contributed by atoms with Gasteiger partial charge in [0.25, 0.3) is 0 Å². The maximum atomic E-state index is 4.82. The molecule has 1 unspecified atom stereocenters. The molecule has 1 atom stereocenters. The first-order valence-corrected chi connectivity index (χ1v) is 12.2. The number of hydrogen-bond acceptors (Lipinski definition) is 5. The first-order chi connectivity index (χ1) is 14.6. The van der Waals surface area contributed by atoms with E-state index in [1.807, 2.05) is 30.3 Å². The molecule has 0 radical (unpaired) electrons. The first kappa shape index (κ1) is 25.8. The standard InChI is InChI=1S/C22H35N7S.HI/c1-17-8-10-20(11-9-17)29-13-5-7-19(16-29)25-22(23-12-6-14-30-4)24-15-21-27-26-18(2)28(21)3;/h8-11,19H,5-7,12-16H2,1-4H3,(H2,23,24,25);1H. The third kappa shape index (κ3) is 7.85. The maximum Gasteiger partial charge on any atom is 0.191 e. The SMILES string of the molecule is CSCCCNC(=NCc1nnc(C)n1C)NC1CCCN(c2ccc(C)cc2)C1.I. The summed E-state index contributed by atoms with van der Waals surface area (Å²) in [5.74, 6) is 3.80. The number of nitrogens with zero attached hydrogens (tertiary/aromatic N) is 5. The molecule has 1 aliphatic heterocycles. The Hall–Kier alpha value is -1.49. The summed E-state index contributed by atoms with van der Waals surface area (Å²) >= 11 is 1.87. The van der Waals surface area contributed by atoms with Gasteiger partial charge in [0.1, 0.15) is 12.4 Å². The average molecular weight is 558 g/mol. The summed E-state index contributed by atoms with van der Waals surface area (Å²) in [6, 6.07) is 9.20. The molecule has 1 aromatic carbocycles. The third-order valence-electron chi connectivity index (χ3n) is 5.54. The van der Waals surface area contributed by atoms with Gasteiger partial charge >= 0.3 is 0 Å². The fraction of sp³-hybridized carbons (Fsp3) is 0.591. The minimum absolute atomic E-state index is 0. The van der Waals surface area contributed by atoms with E-state index in [1.165, 1.54) is 17.7 Å². The molecule has 7 nitrogen and oxygen atoms in total. The predicted octanol–water partition coefficient (Wildman–Crippen LogP) is 3.51. The van der Waals surface area contributed by atoms with E-state index in [1.54, 1.807) is 0 Å². The van der Waals surface area contributed by atoms with Crippen molar-refractivity contribution in [1.29, 1.82) is 0 Å². The summed E-state index contributed by atoms with van der Waals surface area (Å²) in [7, 11) is 1.99. The van der Waals surface area contributed by atoms with Crippen molar-refractivity contribution < 1.29 is 0 Å². The lowest BCUT2D eigenvalue weighted by Crippen LogP contribution is -2.51. The number of anilines is 1. The molecule has 2 N–H and O–H groups in total.